The summed E-state index contributed by atoms with van der Waals surface area (Å²) in [6.45, 7) is 7.92. The first-order valence-electron chi connectivity index (χ1n) is 5.83. The van der Waals surface area contributed by atoms with E-state index < -0.39 is 0 Å². The molecule has 0 unspecified atom stereocenters. The van der Waals surface area contributed by atoms with Gasteiger partial charge in [-0.05, 0) is 26.8 Å². The maximum absolute atomic E-state index is 10.9. The Hall–Kier alpha value is -0.650. The normalized spacial score (nSPS) is 10.4. The lowest BCUT2D eigenvalue weighted by Gasteiger charge is -2.06. The number of esters is 1. The number of nitrogens with one attached hydrogen (secondary N) is 1. The molecule has 0 saturated carbocycles. The van der Waals surface area contributed by atoms with Gasteiger partial charge in [0.25, 0.3) is 0 Å². The Morgan fingerprint density at radius 1 is 1.06 bits per heavy atom. The minimum absolute atomic E-state index is 0.0362. The van der Waals surface area contributed by atoms with Crippen molar-refractivity contribution in [3.05, 3.63) is 0 Å². The molecule has 0 aliphatic rings. The number of rotatable bonds is 11. The van der Waals surface area contributed by atoms with Gasteiger partial charge in [0.1, 0.15) is 6.61 Å². The van der Waals surface area contributed by atoms with Crippen molar-refractivity contribution < 1.29 is 19.0 Å². The van der Waals surface area contributed by atoms with Crippen molar-refractivity contribution in [1.29, 1.82) is 0 Å². The summed E-state index contributed by atoms with van der Waals surface area (Å²) in [7, 11) is 0. The maximum Gasteiger partial charge on any atom is 0.332 e. The van der Waals surface area contributed by atoms with Gasteiger partial charge in [-0.2, -0.15) is 0 Å². The molecule has 5 heteroatoms. The molecule has 0 saturated heterocycles. The summed E-state index contributed by atoms with van der Waals surface area (Å²) in [5.41, 5.74) is 0. The van der Waals surface area contributed by atoms with E-state index >= 15 is 0 Å². The fourth-order valence-electron chi connectivity index (χ4n) is 1.07. The Balaban J connectivity index is 3.01. The Kier molecular flexibility index (Phi) is 11.9. The molecule has 5 nitrogen and oxygen atoms in total. The zero-order valence-electron chi connectivity index (χ0n) is 10.3. The monoisotopic (exact) mass is 233 g/mol. The second kappa shape index (κ2) is 12.4. The van der Waals surface area contributed by atoms with Crippen molar-refractivity contribution in [1.82, 2.24) is 5.32 Å². The summed E-state index contributed by atoms with van der Waals surface area (Å²) in [6.07, 6.45) is 0.992. The zero-order valence-corrected chi connectivity index (χ0v) is 10.3. The molecule has 0 aromatic rings. The average Bonchev–Trinajstić information content (AvgIpc) is 2.27. The van der Waals surface area contributed by atoms with Crippen LogP contribution in [0.2, 0.25) is 0 Å². The van der Waals surface area contributed by atoms with Gasteiger partial charge in [-0.3, -0.25) is 0 Å². The summed E-state index contributed by atoms with van der Waals surface area (Å²) < 4.78 is 15.0. The van der Waals surface area contributed by atoms with E-state index in [0.29, 0.717) is 13.2 Å². The van der Waals surface area contributed by atoms with Crippen LogP contribution in [0.25, 0.3) is 0 Å². The van der Waals surface area contributed by atoms with Crippen LogP contribution < -0.4 is 5.32 Å². The molecule has 0 atom stereocenters. The van der Waals surface area contributed by atoms with E-state index in [1.807, 2.05) is 6.92 Å². The average molecular weight is 233 g/mol. The predicted molar refractivity (Wildman–Crippen MR) is 61.4 cm³/mol. The van der Waals surface area contributed by atoms with E-state index in [-0.39, 0.29) is 12.6 Å². The van der Waals surface area contributed by atoms with E-state index in [9.17, 15) is 4.79 Å². The number of ether oxygens (including phenoxy) is 3. The van der Waals surface area contributed by atoms with Crippen molar-refractivity contribution in [3.63, 3.8) is 0 Å². The van der Waals surface area contributed by atoms with Crippen molar-refractivity contribution in [3.8, 4) is 0 Å². The van der Waals surface area contributed by atoms with Gasteiger partial charge < -0.3 is 19.5 Å². The highest BCUT2D eigenvalue weighted by Crippen LogP contribution is 1.82. The van der Waals surface area contributed by atoms with Gasteiger partial charge in [0.2, 0.25) is 0 Å². The van der Waals surface area contributed by atoms with Gasteiger partial charge in [-0.15, -0.1) is 0 Å². The minimum Gasteiger partial charge on any atom is -0.464 e. The van der Waals surface area contributed by atoms with Crippen LogP contribution in [0, 0.1) is 0 Å². The lowest BCUT2D eigenvalue weighted by molar-refractivity contribution is -0.148. The maximum atomic E-state index is 10.9. The SMILES string of the molecule is CCOCCCNCCOCC(=O)OCC. The van der Waals surface area contributed by atoms with Crippen molar-refractivity contribution in [2.45, 2.75) is 20.3 Å². The second-order valence-electron chi connectivity index (χ2n) is 3.16. The van der Waals surface area contributed by atoms with Gasteiger partial charge >= 0.3 is 5.97 Å². The van der Waals surface area contributed by atoms with Crippen molar-refractivity contribution in [2.75, 3.05) is 46.1 Å². The molecule has 0 aliphatic heterocycles. The Labute approximate surface area is 97.4 Å². The smallest absolute Gasteiger partial charge is 0.332 e. The fourth-order valence-corrected chi connectivity index (χ4v) is 1.07. The molecule has 0 radical (unpaired) electrons. The molecule has 0 aromatic heterocycles. The molecule has 0 amide bonds. The highest BCUT2D eigenvalue weighted by atomic mass is 16.6. The van der Waals surface area contributed by atoms with Gasteiger partial charge in [-0.1, -0.05) is 0 Å². The quantitative estimate of drug-likeness (QED) is 0.418. The number of hydrogen-bond acceptors (Lipinski definition) is 5. The number of hydrogen-bond donors (Lipinski definition) is 1. The standard InChI is InChI=1S/C11H23NO4/c1-3-14-8-5-6-12-7-9-15-10-11(13)16-4-2/h12H,3-10H2,1-2H3. The van der Waals surface area contributed by atoms with Crippen LogP contribution in [-0.2, 0) is 19.0 Å². The first-order chi connectivity index (χ1) is 7.81. The summed E-state index contributed by atoms with van der Waals surface area (Å²) in [5.74, 6) is -0.307. The zero-order chi connectivity index (χ0) is 12.1. The summed E-state index contributed by atoms with van der Waals surface area (Å²) in [4.78, 5) is 10.9. The molecule has 1 N–H and O–H groups in total. The highest BCUT2D eigenvalue weighted by Gasteiger charge is 1.99. The molecule has 0 fully saturated rings. The van der Waals surface area contributed by atoms with E-state index in [1.54, 1.807) is 6.92 Å². The number of carbonyl (C=O) groups is 1. The third kappa shape index (κ3) is 11.4. The van der Waals surface area contributed by atoms with E-state index in [2.05, 4.69) is 5.32 Å². The molecule has 0 rings (SSSR count). The molecular weight excluding hydrogens is 210 g/mol. The van der Waals surface area contributed by atoms with Crippen LogP contribution in [0.3, 0.4) is 0 Å². The minimum atomic E-state index is -0.307. The van der Waals surface area contributed by atoms with Crippen LogP contribution in [0.1, 0.15) is 20.3 Å². The Morgan fingerprint density at radius 3 is 2.56 bits per heavy atom. The summed E-state index contributed by atoms with van der Waals surface area (Å²) in [5, 5.41) is 3.19. The molecule has 0 spiro atoms. The van der Waals surface area contributed by atoms with E-state index in [4.69, 9.17) is 14.2 Å². The molecule has 0 heterocycles. The van der Waals surface area contributed by atoms with Crippen molar-refractivity contribution >= 4 is 5.97 Å². The molecular formula is C11H23NO4. The molecule has 0 aromatic carbocycles. The Bertz CT molecular complexity index is 164. The van der Waals surface area contributed by atoms with Gasteiger partial charge in [-0.25, -0.2) is 4.79 Å². The largest absolute Gasteiger partial charge is 0.464 e. The van der Waals surface area contributed by atoms with Gasteiger partial charge in [0.15, 0.2) is 0 Å². The van der Waals surface area contributed by atoms with Crippen LogP contribution in [0.4, 0.5) is 0 Å². The van der Waals surface area contributed by atoms with Crippen LogP contribution >= 0.6 is 0 Å². The van der Waals surface area contributed by atoms with Crippen LogP contribution in [0.5, 0.6) is 0 Å². The molecule has 96 valence electrons. The summed E-state index contributed by atoms with van der Waals surface area (Å²) >= 11 is 0. The Morgan fingerprint density at radius 2 is 1.88 bits per heavy atom. The highest BCUT2D eigenvalue weighted by molar-refractivity contribution is 5.70. The summed E-state index contributed by atoms with van der Waals surface area (Å²) in [6, 6.07) is 0. The molecule has 16 heavy (non-hydrogen) atoms. The number of carbonyl (C=O) groups excluding carboxylic acids is 1. The predicted octanol–water partition coefficient (Wildman–Crippen LogP) is 0.582. The van der Waals surface area contributed by atoms with Crippen LogP contribution in [-0.4, -0.2) is 52.1 Å². The fraction of sp³-hybridized carbons (Fsp3) is 0.909. The lowest BCUT2D eigenvalue weighted by atomic mass is 10.4. The van der Waals surface area contributed by atoms with Gasteiger partial charge in [0, 0.05) is 19.8 Å². The molecule has 0 aliphatic carbocycles. The van der Waals surface area contributed by atoms with E-state index in [1.165, 1.54) is 0 Å². The first kappa shape index (κ1) is 15.3. The lowest BCUT2D eigenvalue weighted by Crippen LogP contribution is -2.23. The molecule has 0 bridgehead atoms. The topological polar surface area (TPSA) is 56.8 Å². The first-order valence-corrected chi connectivity index (χ1v) is 5.83. The van der Waals surface area contributed by atoms with E-state index in [0.717, 1.165) is 32.7 Å². The second-order valence-corrected chi connectivity index (χ2v) is 3.16. The van der Waals surface area contributed by atoms with Crippen molar-refractivity contribution in [2.24, 2.45) is 0 Å². The van der Waals surface area contributed by atoms with Gasteiger partial charge in [0.05, 0.1) is 13.2 Å². The third-order valence-electron chi connectivity index (χ3n) is 1.79. The van der Waals surface area contributed by atoms with Crippen LogP contribution in [0.15, 0.2) is 0 Å². The third-order valence-corrected chi connectivity index (χ3v) is 1.79.